The molecule has 1 aliphatic carbocycles. The van der Waals surface area contributed by atoms with Gasteiger partial charge in [0.15, 0.2) is 0 Å². The number of piperidine rings is 1. The maximum Gasteiger partial charge on any atom is 0.401 e. The standard InChI is InChI=1S/C14H24F3N3O/c15-14(16,17)10-20-8-4-11(5-9-20)19-12(21)13(18)6-2-1-3-7-13/h11H,1-10,18H2,(H,19,21). The van der Waals surface area contributed by atoms with Crippen LogP contribution in [-0.4, -0.2) is 48.2 Å². The average molecular weight is 307 g/mol. The van der Waals surface area contributed by atoms with Crippen molar-refractivity contribution >= 4 is 5.91 Å². The van der Waals surface area contributed by atoms with E-state index in [0.717, 1.165) is 19.3 Å². The van der Waals surface area contributed by atoms with Gasteiger partial charge in [0.1, 0.15) is 0 Å². The summed E-state index contributed by atoms with van der Waals surface area (Å²) in [6.45, 7) is -0.140. The van der Waals surface area contributed by atoms with Crippen LogP contribution in [0.5, 0.6) is 0 Å². The van der Waals surface area contributed by atoms with Crippen molar-refractivity contribution in [3.8, 4) is 0 Å². The molecule has 0 aromatic heterocycles. The molecule has 21 heavy (non-hydrogen) atoms. The zero-order chi connectivity index (χ0) is 15.5. The molecule has 0 bridgehead atoms. The molecule has 1 saturated heterocycles. The predicted octanol–water partition coefficient (Wildman–Crippen LogP) is 1.79. The zero-order valence-corrected chi connectivity index (χ0v) is 12.2. The highest BCUT2D eigenvalue weighted by Gasteiger charge is 2.37. The summed E-state index contributed by atoms with van der Waals surface area (Å²) < 4.78 is 36.9. The van der Waals surface area contributed by atoms with E-state index in [9.17, 15) is 18.0 Å². The molecule has 0 aromatic rings. The van der Waals surface area contributed by atoms with Crippen LogP contribution in [-0.2, 0) is 4.79 Å². The Labute approximate surface area is 123 Å². The first kappa shape index (κ1) is 16.5. The van der Waals surface area contributed by atoms with Crippen LogP contribution in [0.15, 0.2) is 0 Å². The summed E-state index contributed by atoms with van der Waals surface area (Å²) in [5.74, 6) is -0.128. The van der Waals surface area contributed by atoms with E-state index in [4.69, 9.17) is 5.73 Å². The van der Waals surface area contributed by atoms with Crippen molar-refractivity contribution < 1.29 is 18.0 Å². The van der Waals surface area contributed by atoms with Crippen molar-refractivity contribution in [3.63, 3.8) is 0 Å². The van der Waals surface area contributed by atoms with Gasteiger partial charge >= 0.3 is 6.18 Å². The number of carbonyl (C=O) groups excluding carboxylic acids is 1. The van der Waals surface area contributed by atoms with Crippen LogP contribution in [0.4, 0.5) is 13.2 Å². The molecule has 3 N–H and O–H groups in total. The van der Waals surface area contributed by atoms with Crippen molar-refractivity contribution in [3.05, 3.63) is 0 Å². The van der Waals surface area contributed by atoms with Gasteiger partial charge in [-0.3, -0.25) is 9.69 Å². The average Bonchev–Trinajstić information content (AvgIpc) is 2.40. The maximum absolute atomic E-state index is 12.3. The lowest BCUT2D eigenvalue weighted by Gasteiger charge is -2.36. The Morgan fingerprint density at radius 2 is 1.76 bits per heavy atom. The quantitative estimate of drug-likeness (QED) is 0.836. The van der Waals surface area contributed by atoms with Gasteiger partial charge in [0.25, 0.3) is 0 Å². The third kappa shape index (κ3) is 4.85. The molecule has 0 atom stereocenters. The molecule has 2 rings (SSSR count). The molecule has 1 aliphatic heterocycles. The number of nitrogens with two attached hydrogens (primary N) is 1. The molecule has 0 radical (unpaired) electrons. The van der Waals surface area contributed by atoms with Gasteiger partial charge in [0.2, 0.25) is 5.91 Å². The minimum Gasteiger partial charge on any atom is -0.352 e. The molecule has 0 unspecified atom stereocenters. The molecular weight excluding hydrogens is 283 g/mol. The fraction of sp³-hybridized carbons (Fsp3) is 0.929. The summed E-state index contributed by atoms with van der Waals surface area (Å²) in [5.41, 5.74) is 5.38. The molecule has 0 spiro atoms. The minimum atomic E-state index is -4.15. The number of likely N-dealkylation sites (tertiary alicyclic amines) is 1. The van der Waals surface area contributed by atoms with E-state index in [1.165, 1.54) is 4.90 Å². The summed E-state index contributed by atoms with van der Waals surface area (Å²) >= 11 is 0. The van der Waals surface area contributed by atoms with Gasteiger partial charge in [0.05, 0.1) is 12.1 Å². The van der Waals surface area contributed by atoms with Crippen molar-refractivity contribution in [2.75, 3.05) is 19.6 Å². The van der Waals surface area contributed by atoms with Gasteiger partial charge in [-0.2, -0.15) is 13.2 Å². The Kier molecular flexibility index (Phi) is 5.14. The molecule has 122 valence electrons. The highest BCUT2D eigenvalue weighted by Crippen LogP contribution is 2.26. The first-order valence-electron chi connectivity index (χ1n) is 7.67. The third-order valence-corrected chi connectivity index (χ3v) is 4.52. The van der Waals surface area contributed by atoms with E-state index in [2.05, 4.69) is 5.32 Å². The Morgan fingerprint density at radius 1 is 1.19 bits per heavy atom. The number of hydrogen-bond donors (Lipinski definition) is 2. The number of rotatable bonds is 3. The smallest absolute Gasteiger partial charge is 0.352 e. The van der Waals surface area contributed by atoms with Crippen LogP contribution >= 0.6 is 0 Å². The largest absolute Gasteiger partial charge is 0.401 e. The lowest BCUT2D eigenvalue weighted by Crippen LogP contribution is -2.58. The van der Waals surface area contributed by atoms with Crippen molar-refractivity contribution in [1.82, 2.24) is 10.2 Å². The highest BCUT2D eigenvalue weighted by atomic mass is 19.4. The first-order valence-corrected chi connectivity index (χ1v) is 7.67. The number of alkyl halides is 3. The van der Waals surface area contributed by atoms with Gasteiger partial charge < -0.3 is 11.1 Å². The number of nitrogens with one attached hydrogen (secondary N) is 1. The van der Waals surface area contributed by atoms with E-state index in [1.54, 1.807) is 0 Å². The summed E-state index contributed by atoms with van der Waals surface area (Å²) in [6, 6.07) is -0.0515. The Bertz CT molecular complexity index is 359. The van der Waals surface area contributed by atoms with Crippen molar-refractivity contribution in [1.29, 1.82) is 0 Å². The second kappa shape index (κ2) is 6.52. The molecule has 7 heteroatoms. The van der Waals surface area contributed by atoms with E-state index in [-0.39, 0.29) is 11.9 Å². The maximum atomic E-state index is 12.3. The number of carbonyl (C=O) groups is 1. The second-order valence-corrected chi connectivity index (χ2v) is 6.36. The van der Waals surface area contributed by atoms with Gasteiger partial charge in [-0.05, 0) is 25.7 Å². The van der Waals surface area contributed by atoms with Crippen LogP contribution in [0.1, 0.15) is 44.9 Å². The third-order valence-electron chi connectivity index (χ3n) is 4.52. The molecule has 0 aromatic carbocycles. The van der Waals surface area contributed by atoms with Crippen LogP contribution in [0, 0.1) is 0 Å². The Balaban J connectivity index is 1.76. The number of hydrogen-bond acceptors (Lipinski definition) is 3. The molecule has 1 heterocycles. The topological polar surface area (TPSA) is 58.4 Å². The normalized spacial score (nSPS) is 24.8. The number of nitrogens with zero attached hydrogens (tertiary/aromatic N) is 1. The fourth-order valence-corrected chi connectivity index (χ4v) is 3.23. The lowest BCUT2D eigenvalue weighted by atomic mass is 9.81. The molecule has 1 amide bonds. The summed E-state index contributed by atoms with van der Waals surface area (Å²) in [5, 5.41) is 2.94. The molecule has 2 fully saturated rings. The monoisotopic (exact) mass is 307 g/mol. The van der Waals surface area contributed by atoms with Gasteiger partial charge in [0, 0.05) is 19.1 Å². The van der Waals surface area contributed by atoms with Crippen LogP contribution in [0.3, 0.4) is 0 Å². The van der Waals surface area contributed by atoms with Gasteiger partial charge in [-0.15, -0.1) is 0 Å². The van der Waals surface area contributed by atoms with Gasteiger partial charge in [-0.1, -0.05) is 19.3 Å². The Hall–Kier alpha value is -0.820. The minimum absolute atomic E-state index is 0.0515. The molecule has 1 saturated carbocycles. The van der Waals surface area contributed by atoms with E-state index in [0.29, 0.717) is 38.8 Å². The Morgan fingerprint density at radius 3 is 2.29 bits per heavy atom. The summed E-state index contributed by atoms with van der Waals surface area (Å²) in [7, 11) is 0. The second-order valence-electron chi connectivity index (χ2n) is 6.36. The summed E-state index contributed by atoms with van der Waals surface area (Å²) in [6.07, 6.45) is 1.40. The van der Waals surface area contributed by atoms with Crippen LogP contribution < -0.4 is 11.1 Å². The molecular formula is C14H24F3N3O. The van der Waals surface area contributed by atoms with Crippen LogP contribution in [0.25, 0.3) is 0 Å². The zero-order valence-electron chi connectivity index (χ0n) is 12.2. The van der Waals surface area contributed by atoms with Crippen molar-refractivity contribution in [2.45, 2.75) is 62.7 Å². The summed E-state index contributed by atoms with van der Waals surface area (Å²) in [4.78, 5) is 13.7. The first-order chi connectivity index (χ1) is 9.78. The number of halogens is 3. The molecule has 2 aliphatic rings. The van der Waals surface area contributed by atoms with E-state index >= 15 is 0 Å². The SMILES string of the molecule is NC1(C(=O)NC2CCN(CC(F)(F)F)CC2)CCCCC1. The van der Waals surface area contributed by atoms with Gasteiger partial charge in [-0.25, -0.2) is 0 Å². The lowest BCUT2D eigenvalue weighted by molar-refractivity contribution is -0.148. The van der Waals surface area contributed by atoms with E-state index < -0.39 is 18.3 Å². The number of amides is 1. The van der Waals surface area contributed by atoms with Crippen LogP contribution in [0.2, 0.25) is 0 Å². The predicted molar refractivity (Wildman–Crippen MR) is 73.7 cm³/mol. The van der Waals surface area contributed by atoms with E-state index in [1.807, 2.05) is 0 Å². The van der Waals surface area contributed by atoms with Crippen molar-refractivity contribution in [2.24, 2.45) is 5.73 Å². The molecule has 4 nitrogen and oxygen atoms in total. The highest BCUT2D eigenvalue weighted by molar-refractivity contribution is 5.86. The fourth-order valence-electron chi connectivity index (χ4n) is 3.23.